The topological polar surface area (TPSA) is 55.8 Å². The predicted molar refractivity (Wildman–Crippen MR) is 82.6 cm³/mol. The van der Waals surface area contributed by atoms with Crippen LogP contribution in [0.4, 0.5) is 4.79 Å². The van der Waals surface area contributed by atoms with Gasteiger partial charge in [-0.25, -0.2) is 9.59 Å². The molecule has 0 aliphatic carbocycles. The molecule has 0 N–H and O–H groups in total. The van der Waals surface area contributed by atoms with Gasteiger partial charge in [-0.3, -0.25) is 0 Å². The number of nitrogens with zero attached hydrogens (tertiary/aromatic N) is 1. The van der Waals surface area contributed by atoms with Gasteiger partial charge in [-0.15, -0.1) is 0 Å². The molecule has 5 nitrogen and oxygen atoms in total. The zero-order valence-corrected chi connectivity index (χ0v) is 13.4. The van der Waals surface area contributed by atoms with Crippen molar-refractivity contribution in [3.05, 3.63) is 35.9 Å². The first-order valence-electron chi connectivity index (χ1n) is 7.55. The summed E-state index contributed by atoms with van der Waals surface area (Å²) in [5.41, 5.74) is 0.0547. The van der Waals surface area contributed by atoms with Crippen LogP contribution in [-0.4, -0.2) is 42.3 Å². The van der Waals surface area contributed by atoms with Gasteiger partial charge in [0.1, 0.15) is 5.60 Å². The Kier molecular flexibility index (Phi) is 5.06. The number of amides is 1. The average Bonchev–Trinajstić information content (AvgIpc) is 2.93. The molecule has 1 heterocycles. The van der Waals surface area contributed by atoms with E-state index in [0.29, 0.717) is 25.3 Å². The van der Waals surface area contributed by atoms with Crippen molar-refractivity contribution in [1.29, 1.82) is 0 Å². The standard InChI is InChI=1S/C17H23NO4/c1-17(2,3)22-16(20)18-10-9-13(11-18)12-21-15(19)14-7-5-4-6-8-14/h4-8,13H,9-12H2,1-3H3/t13-/m0/s1. The Morgan fingerprint density at radius 1 is 1.23 bits per heavy atom. The van der Waals surface area contributed by atoms with Crippen LogP contribution in [0.1, 0.15) is 37.6 Å². The molecule has 1 amide bonds. The van der Waals surface area contributed by atoms with Crippen molar-refractivity contribution in [3.63, 3.8) is 0 Å². The summed E-state index contributed by atoms with van der Waals surface area (Å²) in [6.07, 6.45) is 0.519. The van der Waals surface area contributed by atoms with Crippen LogP contribution < -0.4 is 0 Å². The number of hydrogen-bond acceptors (Lipinski definition) is 4. The summed E-state index contributed by atoms with van der Waals surface area (Å²) >= 11 is 0. The molecular weight excluding hydrogens is 282 g/mol. The second-order valence-corrected chi connectivity index (χ2v) is 6.55. The number of esters is 1. The van der Waals surface area contributed by atoms with Gasteiger partial charge in [0, 0.05) is 19.0 Å². The van der Waals surface area contributed by atoms with Crippen molar-refractivity contribution in [3.8, 4) is 0 Å². The smallest absolute Gasteiger partial charge is 0.410 e. The van der Waals surface area contributed by atoms with Gasteiger partial charge in [0.25, 0.3) is 0 Å². The quantitative estimate of drug-likeness (QED) is 0.805. The van der Waals surface area contributed by atoms with Crippen LogP contribution in [0.3, 0.4) is 0 Å². The zero-order chi connectivity index (χ0) is 16.2. The second-order valence-electron chi connectivity index (χ2n) is 6.55. The summed E-state index contributed by atoms with van der Waals surface area (Å²) in [6.45, 7) is 7.08. The van der Waals surface area contributed by atoms with Gasteiger partial charge < -0.3 is 14.4 Å². The fraction of sp³-hybridized carbons (Fsp3) is 0.529. The van der Waals surface area contributed by atoms with Crippen LogP contribution in [0.2, 0.25) is 0 Å². The number of carbonyl (C=O) groups is 2. The Labute approximate surface area is 131 Å². The maximum Gasteiger partial charge on any atom is 0.410 e. The third-order valence-electron chi connectivity index (χ3n) is 3.40. The Morgan fingerprint density at radius 2 is 1.91 bits per heavy atom. The lowest BCUT2D eigenvalue weighted by Crippen LogP contribution is -2.35. The zero-order valence-electron chi connectivity index (χ0n) is 13.4. The fourth-order valence-corrected chi connectivity index (χ4v) is 2.31. The number of rotatable bonds is 3. The molecule has 1 aliphatic heterocycles. The Morgan fingerprint density at radius 3 is 2.55 bits per heavy atom. The minimum atomic E-state index is -0.491. The first-order valence-corrected chi connectivity index (χ1v) is 7.55. The van der Waals surface area contributed by atoms with Crippen LogP contribution in [0.15, 0.2) is 30.3 Å². The predicted octanol–water partition coefficient (Wildman–Crippen LogP) is 3.10. The van der Waals surface area contributed by atoms with Gasteiger partial charge in [-0.05, 0) is 39.3 Å². The van der Waals surface area contributed by atoms with Crippen LogP contribution in [0.5, 0.6) is 0 Å². The van der Waals surface area contributed by atoms with Gasteiger partial charge in [-0.1, -0.05) is 18.2 Å². The molecule has 1 aromatic carbocycles. The van der Waals surface area contributed by atoms with Gasteiger partial charge in [0.05, 0.1) is 12.2 Å². The maximum atomic E-state index is 12.0. The van der Waals surface area contributed by atoms with E-state index in [9.17, 15) is 9.59 Å². The SMILES string of the molecule is CC(C)(C)OC(=O)N1CC[C@H](COC(=O)c2ccccc2)C1. The summed E-state index contributed by atoms with van der Waals surface area (Å²) in [5, 5.41) is 0. The molecule has 0 bridgehead atoms. The van der Waals surface area contributed by atoms with Crippen molar-refractivity contribution in [1.82, 2.24) is 4.90 Å². The van der Waals surface area contributed by atoms with Crippen molar-refractivity contribution in [2.45, 2.75) is 32.8 Å². The van der Waals surface area contributed by atoms with Crippen LogP contribution in [-0.2, 0) is 9.47 Å². The summed E-state index contributed by atoms with van der Waals surface area (Å²) in [7, 11) is 0. The lowest BCUT2D eigenvalue weighted by Gasteiger charge is -2.24. The van der Waals surface area contributed by atoms with Crippen LogP contribution in [0, 0.1) is 5.92 Å². The molecule has 0 saturated carbocycles. The van der Waals surface area contributed by atoms with Crippen molar-refractivity contribution in [2.24, 2.45) is 5.92 Å². The van der Waals surface area contributed by atoms with E-state index in [2.05, 4.69) is 0 Å². The summed E-state index contributed by atoms with van der Waals surface area (Å²) in [5.74, 6) is -0.156. The Hall–Kier alpha value is -2.04. The van der Waals surface area contributed by atoms with Gasteiger partial charge >= 0.3 is 12.1 Å². The minimum absolute atomic E-state index is 0.167. The molecule has 0 radical (unpaired) electrons. The highest BCUT2D eigenvalue weighted by molar-refractivity contribution is 5.89. The highest BCUT2D eigenvalue weighted by atomic mass is 16.6. The monoisotopic (exact) mass is 305 g/mol. The normalized spacial score (nSPS) is 18.1. The molecule has 5 heteroatoms. The largest absolute Gasteiger partial charge is 0.462 e. The van der Waals surface area contributed by atoms with Gasteiger partial charge in [0.15, 0.2) is 0 Å². The van der Waals surface area contributed by atoms with Gasteiger partial charge in [-0.2, -0.15) is 0 Å². The number of benzene rings is 1. The molecule has 120 valence electrons. The summed E-state index contributed by atoms with van der Waals surface area (Å²) in [4.78, 5) is 25.5. The molecule has 0 aromatic heterocycles. The molecule has 1 aromatic rings. The van der Waals surface area contributed by atoms with E-state index in [1.54, 1.807) is 29.2 Å². The molecule has 1 saturated heterocycles. The molecule has 2 rings (SSSR count). The molecule has 1 aliphatic rings. The third kappa shape index (κ3) is 4.76. The summed E-state index contributed by atoms with van der Waals surface area (Å²) in [6, 6.07) is 8.91. The lowest BCUT2D eigenvalue weighted by molar-refractivity contribution is 0.0274. The molecule has 0 spiro atoms. The van der Waals surface area contributed by atoms with E-state index >= 15 is 0 Å². The number of likely N-dealkylation sites (tertiary alicyclic amines) is 1. The van der Waals surface area contributed by atoms with Crippen molar-refractivity contribution >= 4 is 12.1 Å². The second kappa shape index (κ2) is 6.81. The molecule has 0 unspecified atom stereocenters. The van der Waals surface area contributed by atoms with E-state index in [4.69, 9.17) is 9.47 Å². The maximum absolute atomic E-state index is 12.0. The average molecular weight is 305 g/mol. The molecule has 1 atom stereocenters. The number of hydrogen-bond donors (Lipinski definition) is 0. The van der Waals surface area contributed by atoms with Crippen LogP contribution >= 0.6 is 0 Å². The van der Waals surface area contributed by atoms with Crippen LogP contribution in [0.25, 0.3) is 0 Å². The highest BCUT2D eigenvalue weighted by Gasteiger charge is 2.30. The first-order chi connectivity index (χ1) is 10.3. The van der Waals surface area contributed by atoms with Crippen molar-refractivity contribution < 1.29 is 19.1 Å². The van der Waals surface area contributed by atoms with E-state index in [-0.39, 0.29) is 18.0 Å². The van der Waals surface area contributed by atoms with E-state index in [1.807, 2.05) is 26.8 Å². The van der Waals surface area contributed by atoms with Gasteiger partial charge in [0.2, 0.25) is 0 Å². The molecule has 22 heavy (non-hydrogen) atoms. The lowest BCUT2D eigenvalue weighted by atomic mass is 10.1. The number of ether oxygens (including phenoxy) is 2. The fourth-order valence-electron chi connectivity index (χ4n) is 2.31. The first kappa shape index (κ1) is 16.3. The molecule has 1 fully saturated rings. The molecular formula is C17H23NO4. The van der Waals surface area contributed by atoms with E-state index in [1.165, 1.54) is 0 Å². The Bertz CT molecular complexity index is 521. The van der Waals surface area contributed by atoms with Crippen molar-refractivity contribution in [2.75, 3.05) is 19.7 Å². The Balaban J connectivity index is 1.77. The summed E-state index contributed by atoms with van der Waals surface area (Å²) < 4.78 is 10.7. The number of carbonyl (C=O) groups excluding carboxylic acids is 2. The highest BCUT2D eigenvalue weighted by Crippen LogP contribution is 2.20. The third-order valence-corrected chi connectivity index (χ3v) is 3.40. The minimum Gasteiger partial charge on any atom is -0.462 e. The van der Waals surface area contributed by atoms with E-state index < -0.39 is 5.60 Å². The van der Waals surface area contributed by atoms with E-state index in [0.717, 1.165) is 6.42 Å².